The van der Waals surface area contributed by atoms with Gasteiger partial charge in [0.2, 0.25) is 0 Å². The minimum absolute atomic E-state index is 0.167. The van der Waals surface area contributed by atoms with Gasteiger partial charge in [-0.2, -0.15) is 0 Å². The number of hydrogen-bond acceptors (Lipinski definition) is 4. The van der Waals surface area contributed by atoms with Gasteiger partial charge in [-0.05, 0) is 55.0 Å². The molecule has 2 aromatic carbocycles. The van der Waals surface area contributed by atoms with Crippen LogP contribution in [0.15, 0.2) is 47.4 Å². The van der Waals surface area contributed by atoms with Gasteiger partial charge in [0.05, 0.1) is 12.0 Å². The van der Waals surface area contributed by atoms with Crippen LogP contribution in [0.5, 0.6) is 5.75 Å². The minimum atomic E-state index is -3.61. The maximum Gasteiger partial charge on any atom is 0.261 e. The lowest BCUT2D eigenvalue weighted by Crippen LogP contribution is -2.13. The molecule has 0 saturated carbocycles. The molecule has 0 amide bonds. The second-order valence-electron chi connectivity index (χ2n) is 4.36. The van der Waals surface area contributed by atoms with Crippen molar-refractivity contribution in [1.29, 1.82) is 0 Å². The van der Waals surface area contributed by atoms with E-state index in [4.69, 9.17) is 10.5 Å². The molecule has 0 spiro atoms. The fourth-order valence-corrected chi connectivity index (χ4v) is 2.85. The SMILES string of the molecule is COc1ccc(NS(=O)(=O)c2ccc(N)cc2)cc1C. The number of benzene rings is 2. The summed E-state index contributed by atoms with van der Waals surface area (Å²) in [6.07, 6.45) is 0. The average molecular weight is 292 g/mol. The number of methoxy groups -OCH3 is 1. The van der Waals surface area contributed by atoms with Gasteiger partial charge in [-0.25, -0.2) is 8.42 Å². The van der Waals surface area contributed by atoms with Crippen molar-refractivity contribution in [2.45, 2.75) is 11.8 Å². The highest BCUT2D eigenvalue weighted by molar-refractivity contribution is 7.92. The summed E-state index contributed by atoms with van der Waals surface area (Å²) >= 11 is 0. The Kier molecular flexibility index (Phi) is 3.85. The van der Waals surface area contributed by atoms with Gasteiger partial charge in [0, 0.05) is 11.4 Å². The molecule has 0 radical (unpaired) electrons. The fraction of sp³-hybridized carbons (Fsp3) is 0.143. The summed E-state index contributed by atoms with van der Waals surface area (Å²) in [6.45, 7) is 1.85. The molecule has 5 nitrogen and oxygen atoms in total. The fourth-order valence-electron chi connectivity index (χ4n) is 1.80. The minimum Gasteiger partial charge on any atom is -0.496 e. The van der Waals surface area contributed by atoms with Crippen molar-refractivity contribution in [2.75, 3.05) is 17.6 Å². The van der Waals surface area contributed by atoms with E-state index in [0.717, 1.165) is 5.56 Å². The third-order valence-electron chi connectivity index (χ3n) is 2.84. The first kappa shape index (κ1) is 14.2. The third kappa shape index (κ3) is 3.03. The van der Waals surface area contributed by atoms with Crippen LogP contribution in [0.25, 0.3) is 0 Å². The van der Waals surface area contributed by atoms with Crippen LogP contribution in [0, 0.1) is 6.92 Å². The molecule has 3 N–H and O–H groups in total. The monoisotopic (exact) mass is 292 g/mol. The number of sulfonamides is 1. The first-order valence-electron chi connectivity index (χ1n) is 5.95. The van der Waals surface area contributed by atoms with Gasteiger partial charge in [0.25, 0.3) is 10.0 Å². The largest absolute Gasteiger partial charge is 0.496 e. The number of anilines is 2. The predicted molar refractivity (Wildman–Crippen MR) is 79.4 cm³/mol. The number of ether oxygens (including phenoxy) is 1. The zero-order valence-electron chi connectivity index (χ0n) is 11.3. The van der Waals surface area contributed by atoms with Gasteiger partial charge in [-0.15, -0.1) is 0 Å². The van der Waals surface area contributed by atoms with Crippen molar-refractivity contribution in [3.63, 3.8) is 0 Å². The Labute approximate surface area is 118 Å². The van der Waals surface area contributed by atoms with Crippen LogP contribution in [-0.4, -0.2) is 15.5 Å². The number of nitrogens with two attached hydrogens (primary N) is 1. The van der Waals surface area contributed by atoms with Crippen molar-refractivity contribution >= 4 is 21.4 Å². The van der Waals surface area contributed by atoms with Crippen LogP contribution >= 0.6 is 0 Å². The van der Waals surface area contributed by atoms with Gasteiger partial charge in [0.15, 0.2) is 0 Å². The van der Waals surface area contributed by atoms with E-state index in [1.165, 1.54) is 12.1 Å². The molecule has 0 unspecified atom stereocenters. The number of aryl methyl sites for hydroxylation is 1. The van der Waals surface area contributed by atoms with Gasteiger partial charge >= 0.3 is 0 Å². The molecule has 0 bridgehead atoms. The van der Waals surface area contributed by atoms with Crippen LogP contribution in [0.3, 0.4) is 0 Å². The van der Waals surface area contributed by atoms with Crippen LogP contribution in [0.2, 0.25) is 0 Å². The molecule has 0 fully saturated rings. The molecule has 20 heavy (non-hydrogen) atoms. The second-order valence-corrected chi connectivity index (χ2v) is 6.04. The van der Waals surface area contributed by atoms with Crippen molar-refractivity contribution < 1.29 is 13.2 Å². The summed E-state index contributed by atoms with van der Waals surface area (Å²) in [5.41, 5.74) is 7.40. The highest BCUT2D eigenvalue weighted by Gasteiger charge is 2.14. The Morgan fingerprint density at radius 1 is 1.10 bits per heavy atom. The first-order chi connectivity index (χ1) is 9.42. The van der Waals surface area contributed by atoms with E-state index in [0.29, 0.717) is 17.1 Å². The molecular weight excluding hydrogens is 276 g/mol. The molecule has 0 atom stereocenters. The Balaban J connectivity index is 2.28. The Bertz CT molecular complexity index is 710. The van der Waals surface area contributed by atoms with Gasteiger partial charge in [0.1, 0.15) is 5.75 Å². The highest BCUT2D eigenvalue weighted by atomic mass is 32.2. The molecule has 2 aromatic rings. The number of nitrogen functional groups attached to an aromatic ring is 1. The zero-order valence-corrected chi connectivity index (χ0v) is 12.1. The molecule has 0 saturated heterocycles. The topological polar surface area (TPSA) is 81.4 Å². The zero-order chi connectivity index (χ0) is 14.8. The maximum absolute atomic E-state index is 12.2. The maximum atomic E-state index is 12.2. The molecule has 0 heterocycles. The molecular formula is C14H16N2O3S. The summed E-state index contributed by atoms with van der Waals surface area (Å²) in [5, 5.41) is 0. The van der Waals surface area contributed by atoms with Crippen molar-refractivity contribution in [3.8, 4) is 5.75 Å². The normalized spacial score (nSPS) is 11.1. The lowest BCUT2D eigenvalue weighted by molar-refractivity contribution is 0.412. The van der Waals surface area contributed by atoms with Crippen LogP contribution in [0.1, 0.15) is 5.56 Å². The Hall–Kier alpha value is -2.21. The second kappa shape index (κ2) is 5.42. The van der Waals surface area contributed by atoms with Crippen LogP contribution < -0.4 is 15.2 Å². The molecule has 6 heteroatoms. The third-order valence-corrected chi connectivity index (χ3v) is 4.23. The smallest absolute Gasteiger partial charge is 0.261 e. The standard InChI is InChI=1S/C14H16N2O3S/c1-10-9-12(5-8-14(10)19-2)16-20(17,18)13-6-3-11(15)4-7-13/h3-9,16H,15H2,1-2H3. The van der Waals surface area contributed by atoms with E-state index in [2.05, 4.69) is 4.72 Å². The molecule has 0 aromatic heterocycles. The molecule has 106 valence electrons. The summed E-state index contributed by atoms with van der Waals surface area (Å²) in [7, 11) is -2.04. The van der Waals surface area contributed by atoms with E-state index in [9.17, 15) is 8.42 Å². The van der Waals surface area contributed by atoms with E-state index >= 15 is 0 Å². The number of rotatable bonds is 4. The van der Waals surface area contributed by atoms with E-state index < -0.39 is 10.0 Å². The van der Waals surface area contributed by atoms with Crippen LogP contribution in [-0.2, 0) is 10.0 Å². The van der Waals surface area contributed by atoms with E-state index in [1.807, 2.05) is 6.92 Å². The van der Waals surface area contributed by atoms with Gasteiger partial charge in [-0.3, -0.25) is 4.72 Å². The van der Waals surface area contributed by atoms with Crippen molar-refractivity contribution in [2.24, 2.45) is 0 Å². The average Bonchev–Trinajstić information content (AvgIpc) is 2.39. The lowest BCUT2D eigenvalue weighted by Gasteiger charge is -2.10. The van der Waals surface area contributed by atoms with Crippen molar-refractivity contribution in [1.82, 2.24) is 0 Å². The summed E-state index contributed by atoms with van der Waals surface area (Å²) in [5.74, 6) is 0.709. The predicted octanol–water partition coefficient (Wildman–Crippen LogP) is 2.39. The Morgan fingerprint density at radius 2 is 1.75 bits per heavy atom. The molecule has 0 aliphatic carbocycles. The van der Waals surface area contributed by atoms with E-state index in [-0.39, 0.29) is 4.90 Å². The molecule has 0 aliphatic rings. The number of nitrogens with one attached hydrogen (secondary N) is 1. The van der Waals surface area contributed by atoms with E-state index in [1.54, 1.807) is 37.4 Å². The quantitative estimate of drug-likeness (QED) is 0.848. The summed E-state index contributed by atoms with van der Waals surface area (Å²) in [6, 6.07) is 11.1. The summed E-state index contributed by atoms with van der Waals surface area (Å²) < 4.78 is 32.0. The number of hydrogen-bond donors (Lipinski definition) is 2. The van der Waals surface area contributed by atoms with Crippen molar-refractivity contribution in [3.05, 3.63) is 48.0 Å². The van der Waals surface area contributed by atoms with Crippen LogP contribution in [0.4, 0.5) is 11.4 Å². The van der Waals surface area contributed by atoms with Gasteiger partial charge < -0.3 is 10.5 Å². The first-order valence-corrected chi connectivity index (χ1v) is 7.44. The summed E-state index contributed by atoms with van der Waals surface area (Å²) in [4.78, 5) is 0.167. The van der Waals surface area contributed by atoms with Gasteiger partial charge in [-0.1, -0.05) is 0 Å². The Morgan fingerprint density at radius 3 is 2.30 bits per heavy atom. The highest BCUT2D eigenvalue weighted by Crippen LogP contribution is 2.23. The molecule has 2 rings (SSSR count). The molecule has 0 aliphatic heterocycles. The lowest BCUT2D eigenvalue weighted by atomic mass is 10.2.